The van der Waals surface area contributed by atoms with E-state index < -0.39 is 6.23 Å². The number of benzene rings is 2. The average molecular weight is 475 g/mol. The predicted octanol–water partition coefficient (Wildman–Crippen LogP) is 4.54. The third kappa shape index (κ3) is 9.63. The molecule has 0 heterocycles. The summed E-state index contributed by atoms with van der Waals surface area (Å²) in [6.07, 6.45) is 1.61. The van der Waals surface area contributed by atoms with E-state index in [1.54, 1.807) is 6.07 Å². The monoisotopic (exact) mass is 474 g/mol. The van der Waals surface area contributed by atoms with Gasteiger partial charge in [0.15, 0.2) is 16.6 Å². The van der Waals surface area contributed by atoms with E-state index in [9.17, 15) is 9.50 Å². The smallest absolute Gasteiger partial charge is 0.162 e. The number of nitrogens with one attached hydrogen (secondary N) is 3. The first-order valence-corrected chi connectivity index (χ1v) is 11.6. The molecule has 1 unspecified atom stereocenters. The summed E-state index contributed by atoms with van der Waals surface area (Å²) in [5, 5.41) is 33.8. The third-order valence-corrected chi connectivity index (χ3v) is 5.73. The molecule has 10 heteroatoms. The Hall–Kier alpha value is -2.69. The maximum atomic E-state index is 13.5. The first kappa shape index (κ1) is 25.6. The topological polar surface area (TPSA) is 156 Å². The lowest BCUT2D eigenvalue weighted by Crippen LogP contribution is -2.17. The molecule has 0 saturated carbocycles. The van der Waals surface area contributed by atoms with Gasteiger partial charge in [0.2, 0.25) is 0 Å². The number of rotatable bonds is 9. The van der Waals surface area contributed by atoms with E-state index in [1.807, 2.05) is 30.3 Å². The highest BCUT2D eigenvalue weighted by atomic mass is 32.2. The SMILES string of the molecule is N=C(N)SC(=N)CCCCC(=N)SC(N)=NC(O)Cc1cccc(-c2cccc(F)c2)c1. The lowest BCUT2D eigenvalue weighted by Gasteiger charge is -2.10. The van der Waals surface area contributed by atoms with Crippen LogP contribution in [-0.4, -0.2) is 31.8 Å². The summed E-state index contributed by atoms with van der Waals surface area (Å²) in [5.41, 5.74) is 13.5. The van der Waals surface area contributed by atoms with Crippen molar-refractivity contribution in [3.8, 4) is 11.1 Å². The van der Waals surface area contributed by atoms with Crippen molar-refractivity contribution in [2.45, 2.75) is 38.3 Å². The van der Waals surface area contributed by atoms with Crippen LogP contribution in [0.5, 0.6) is 0 Å². The van der Waals surface area contributed by atoms with Gasteiger partial charge in [-0.1, -0.05) is 36.4 Å². The van der Waals surface area contributed by atoms with Gasteiger partial charge in [0.1, 0.15) is 5.82 Å². The zero-order valence-corrected chi connectivity index (χ0v) is 19.1. The standard InChI is InChI=1S/C22H27FN6OS2/c23-17-8-4-7-16(13-17)15-6-3-5-14(11-15)12-20(30)29-22(28)32-19(25)10-2-1-9-18(24)31-21(26)27/h3-8,11,13,20,24-25,30H,1-2,9-10,12H2,(H3,26,27)(H2,28,29). The fraction of sp³-hybridized carbons (Fsp3) is 0.273. The normalized spacial score (nSPS) is 12.4. The van der Waals surface area contributed by atoms with Crippen LogP contribution in [0, 0.1) is 22.0 Å². The summed E-state index contributed by atoms with van der Waals surface area (Å²) in [5.74, 6) is -0.307. The minimum Gasteiger partial charge on any atom is -0.378 e. The molecule has 0 aliphatic carbocycles. The van der Waals surface area contributed by atoms with Gasteiger partial charge in [-0.05, 0) is 78.0 Å². The Labute approximate surface area is 195 Å². The Morgan fingerprint density at radius 2 is 1.53 bits per heavy atom. The van der Waals surface area contributed by atoms with E-state index in [4.69, 9.17) is 27.7 Å². The zero-order valence-electron chi connectivity index (χ0n) is 17.5. The quantitative estimate of drug-likeness (QED) is 0.179. The lowest BCUT2D eigenvalue weighted by molar-refractivity contribution is 0.185. The number of hydrogen-bond donors (Lipinski definition) is 6. The maximum Gasteiger partial charge on any atom is 0.162 e. The van der Waals surface area contributed by atoms with Crippen molar-refractivity contribution in [1.82, 2.24) is 0 Å². The fourth-order valence-corrected chi connectivity index (χ4v) is 4.09. The number of thioether (sulfide) groups is 2. The van der Waals surface area contributed by atoms with Crippen molar-refractivity contribution in [3.05, 3.63) is 59.9 Å². The van der Waals surface area contributed by atoms with Gasteiger partial charge >= 0.3 is 0 Å². The van der Waals surface area contributed by atoms with Crippen LogP contribution in [0.2, 0.25) is 0 Å². The molecule has 0 bridgehead atoms. The van der Waals surface area contributed by atoms with Crippen LogP contribution in [0.25, 0.3) is 11.1 Å². The third-order valence-electron chi connectivity index (χ3n) is 4.30. The number of unbranched alkanes of at least 4 members (excludes halogenated alkanes) is 1. The van der Waals surface area contributed by atoms with E-state index in [-0.39, 0.29) is 22.6 Å². The highest BCUT2D eigenvalue weighted by Crippen LogP contribution is 2.22. The van der Waals surface area contributed by atoms with Gasteiger partial charge in [-0.3, -0.25) is 16.2 Å². The minimum absolute atomic E-state index is 0.0958. The first-order chi connectivity index (χ1) is 15.2. The summed E-state index contributed by atoms with van der Waals surface area (Å²) < 4.78 is 13.5. The second-order valence-electron chi connectivity index (χ2n) is 6.98. The van der Waals surface area contributed by atoms with Crippen LogP contribution in [0.15, 0.2) is 53.5 Å². The Morgan fingerprint density at radius 3 is 2.16 bits per heavy atom. The largest absolute Gasteiger partial charge is 0.378 e. The molecule has 8 N–H and O–H groups in total. The molecule has 32 heavy (non-hydrogen) atoms. The van der Waals surface area contributed by atoms with Crippen molar-refractivity contribution < 1.29 is 9.50 Å². The summed E-state index contributed by atoms with van der Waals surface area (Å²) >= 11 is 1.94. The van der Waals surface area contributed by atoms with Crippen molar-refractivity contribution in [1.29, 1.82) is 16.2 Å². The maximum absolute atomic E-state index is 13.5. The molecule has 7 nitrogen and oxygen atoms in total. The molecule has 0 spiro atoms. The van der Waals surface area contributed by atoms with E-state index in [1.165, 1.54) is 12.1 Å². The van der Waals surface area contributed by atoms with Crippen molar-refractivity contribution in [2.24, 2.45) is 16.5 Å². The number of nitrogens with two attached hydrogens (primary N) is 2. The van der Waals surface area contributed by atoms with Crippen molar-refractivity contribution in [2.75, 3.05) is 0 Å². The Balaban J connectivity index is 1.81. The molecular weight excluding hydrogens is 447 g/mol. The molecule has 2 aromatic rings. The van der Waals surface area contributed by atoms with Crippen LogP contribution >= 0.6 is 23.5 Å². The lowest BCUT2D eigenvalue weighted by atomic mass is 10.0. The molecule has 0 aliphatic rings. The molecule has 0 fully saturated rings. The molecule has 0 amide bonds. The molecule has 2 aromatic carbocycles. The molecule has 0 aliphatic heterocycles. The van der Waals surface area contributed by atoms with Gasteiger partial charge in [-0.2, -0.15) is 0 Å². The zero-order chi connectivity index (χ0) is 23.5. The number of aliphatic imine (C=N–C) groups is 1. The summed E-state index contributed by atoms with van der Waals surface area (Å²) in [6, 6.07) is 13.8. The number of hydrogen-bond acceptors (Lipinski definition) is 7. The minimum atomic E-state index is -1.05. The molecule has 2 rings (SSSR count). The van der Waals surface area contributed by atoms with E-state index in [2.05, 4.69) is 4.99 Å². The molecule has 0 radical (unpaired) electrons. The second kappa shape index (κ2) is 13.0. The van der Waals surface area contributed by atoms with Gasteiger partial charge < -0.3 is 16.6 Å². The second-order valence-corrected chi connectivity index (χ2v) is 9.24. The van der Waals surface area contributed by atoms with Crippen molar-refractivity contribution in [3.63, 3.8) is 0 Å². The van der Waals surface area contributed by atoms with E-state index in [0.29, 0.717) is 35.8 Å². The summed E-state index contributed by atoms with van der Waals surface area (Å²) in [7, 11) is 0. The molecule has 0 saturated heterocycles. The molecule has 1 atom stereocenters. The number of amidine groups is 2. The van der Waals surface area contributed by atoms with E-state index >= 15 is 0 Å². The Morgan fingerprint density at radius 1 is 0.938 bits per heavy atom. The molecular formula is C22H27FN6OS2. The average Bonchev–Trinajstić information content (AvgIpc) is 2.70. The predicted molar refractivity (Wildman–Crippen MR) is 134 cm³/mol. The van der Waals surface area contributed by atoms with Crippen LogP contribution in [0.3, 0.4) is 0 Å². The number of nitrogens with zero attached hydrogens (tertiary/aromatic N) is 1. The van der Waals surface area contributed by atoms with Crippen LogP contribution in [-0.2, 0) is 6.42 Å². The number of halogens is 1. The Kier molecular flexibility index (Phi) is 10.4. The van der Waals surface area contributed by atoms with Crippen LogP contribution in [0.1, 0.15) is 31.2 Å². The van der Waals surface area contributed by atoms with Crippen LogP contribution in [0.4, 0.5) is 4.39 Å². The Bertz CT molecular complexity index is 998. The molecule has 170 valence electrons. The number of aliphatic hydroxyl groups is 1. The van der Waals surface area contributed by atoms with Gasteiger partial charge in [-0.15, -0.1) is 0 Å². The summed E-state index contributed by atoms with van der Waals surface area (Å²) in [6.45, 7) is 0. The van der Waals surface area contributed by atoms with Crippen LogP contribution < -0.4 is 11.5 Å². The van der Waals surface area contributed by atoms with Gasteiger partial charge in [0.25, 0.3) is 0 Å². The fourth-order valence-electron chi connectivity index (χ4n) is 2.91. The van der Waals surface area contributed by atoms with Gasteiger partial charge in [-0.25, -0.2) is 9.38 Å². The summed E-state index contributed by atoms with van der Waals surface area (Å²) in [4.78, 5) is 4.06. The van der Waals surface area contributed by atoms with Gasteiger partial charge in [0.05, 0.1) is 10.1 Å². The van der Waals surface area contributed by atoms with E-state index in [0.717, 1.165) is 40.2 Å². The molecule has 0 aromatic heterocycles. The highest BCUT2D eigenvalue weighted by Gasteiger charge is 2.09. The highest BCUT2D eigenvalue weighted by molar-refractivity contribution is 8.26. The van der Waals surface area contributed by atoms with Gasteiger partial charge in [0, 0.05) is 6.42 Å². The van der Waals surface area contributed by atoms with Crippen molar-refractivity contribution >= 4 is 43.9 Å². The first-order valence-electron chi connectivity index (χ1n) is 9.93. The number of aliphatic hydroxyl groups excluding tert-OH is 1.